The van der Waals surface area contributed by atoms with Gasteiger partial charge in [0.05, 0.1) is 5.41 Å². The van der Waals surface area contributed by atoms with E-state index in [1.165, 1.54) is 6.07 Å². The van der Waals surface area contributed by atoms with Gasteiger partial charge in [-0.1, -0.05) is 31.0 Å². The Morgan fingerprint density at radius 2 is 1.89 bits per heavy atom. The van der Waals surface area contributed by atoms with Crippen LogP contribution < -0.4 is 5.32 Å². The first-order valence-electron chi connectivity index (χ1n) is 6.62. The van der Waals surface area contributed by atoms with E-state index in [-0.39, 0.29) is 17.8 Å². The Morgan fingerprint density at radius 3 is 2.44 bits per heavy atom. The van der Waals surface area contributed by atoms with Gasteiger partial charge in [-0.05, 0) is 32.8 Å². The number of amides is 1. The van der Waals surface area contributed by atoms with Gasteiger partial charge < -0.3 is 5.32 Å². The summed E-state index contributed by atoms with van der Waals surface area (Å²) in [6.45, 7) is 3.86. The van der Waals surface area contributed by atoms with E-state index in [4.69, 9.17) is 0 Å². The number of halogens is 1. The second-order valence-corrected chi connectivity index (χ2v) is 5.40. The zero-order valence-corrected chi connectivity index (χ0v) is 11.0. The van der Waals surface area contributed by atoms with E-state index >= 15 is 0 Å². The molecule has 2 nitrogen and oxygen atoms in total. The first-order chi connectivity index (χ1) is 8.56. The lowest BCUT2D eigenvalue weighted by molar-refractivity contribution is -0.127. The van der Waals surface area contributed by atoms with Crippen LogP contribution in [0, 0.1) is 5.82 Å². The lowest BCUT2D eigenvalue weighted by atomic mass is 9.77. The minimum Gasteiger partial charge on any atom is -0.353 e. The van der Waals surface area contributed by atoms with Crippen molar-refractivity contribution in [2.24, 2.45) is 0 Å². The fourth-order valence-electron chi connectivity index (χ4n) is 2.85. The molecular weight excluding hydrogens is 229 g/mol. The minimum atomic E-state index is -0.657. The molecule has 1 aromatic rings. The maximum atomic E-state index is 14.0. The lowest BCUT2D eigenvalue weighted by Gasteiger charge is -2.29. The minimum absolute atomic E-state index is 0.0277. The van der Waals surface area contributed by atoms with Crippen molar-refractivity contribution in [3.05, 3.63) is 35.6 Å². The van der Waals surface area contributed by atoms with Gasteiger partial charge in [0.25, 0.3) is 0 Å². The first kappa shape index (κ1) is 13.1. The number of hydrogen-bond acceptors (Lipinski definition) is 1. The zero-order valence-electron chi connectivity index (χ0n) is 11.0. The molecule has 0 radical (unpaired) electrons. The zero-order chi connectivity index (χ0) is 13.2. The largest absolute Gasteiger partial charge is 0.353 e. The summed E-state index contributed by atoms with van der Waals surface area (Å²) < 4.78 is 14.0. The Kier molecular flexibility index (Phi) is 3.69. The molecule has 0 saturated heterocycles. The molecule has 0 bridgehead atoms. The van der Waals surface area contributed by atoms with Crippen LogP contribution in [0.25, 0.3) is 0 Å². The van der Waals surface area contributed by atoms with Crippen LogP contribution in [-0.4, -0.2) is 11.9 Å². The monoisotopic (exact) mass is 249 g/mol. The van der Waals surface area contributed by atoms with Gasteiger partial charge >= 0.3 is 0 Å². The smallest absolute Gasteiger partial charge is 0.230 e. The second kappa shape index (κ2) is 5.09. The first-order valence-corrected chi connectivity index (χ1v) is 6.62. The predicted octanol–water partition coefficient (Wildman–Crippen LogP) is 3.16. The third-order valence-corrected chi connectivity index (χ3v) is 3.70. The Balaban J connectivity index is 2.39. The van der Waals surface area contributed by atoms with Gasteiger partial charge in [0.2, 0.25) is 5.91 Å². The van der Waals surface area contributed by atoms with Crippen LogP contribution in [0.1, 0.15) is 45.1 Å². The Hall–Kier alpha value is -1.38. The molecule has 0 spiro atoms. The summed E-state index contributed by atoms with van der Waals surface area (Å²) in [5.74, 6) is -0.293. The highest BCUT2D eigenvalue weighted by Gasteiger charge is 2.44. The molecule has 1 aliphatic rings. The summed E-state index contributed by atoms with van der Waals surface area (Å²) in [6, 6.07) is 6.75. The van der Waals surface area contributed by atoms with Crippen LogP contribution >= 0.6 is 0 Å². The van der Waals surface area contributed by atoms with Crippen LogP contribution in [0.2, 0.25) is 0 Å². The van der Waals surface area contributed by atoms with Gasteiger partial charge in [0, 0.05) is 11.6 Å². The van der Waals surface area contributed by atoms with Crippen molar-refractivity contribution in [3.8, 4) is 0 Å². The quantitative estimate of drug-likeness (QED) is 0.876. The highest BCUT2D eigenvalue weighted by atomic mass is 19.1. The number of carbonyl (C=O) groups excluding carboxylic acids is 1. The van der Waals surface area contributed by atoms with Gasteiger partial charge in [0.1, 0.15) is 5.82 Å². The van der Waals surface area contributed by atoms with Crippen LogP contribution in [0.4, 0.5) is 4.39 Å². The van der Waals surface area contributed by atoms with Gasteiger partial charge in [-0.3, -0.25) is 4.79 Å². The molecule has 0 heterocycles. The molecule has 0 aromatic heterocycles. The molecule has 1 saturated carbocycles. The Labute approximate surface area is 108 Å². The summed E-state index contributed by atoms with van der Waals surface area (Å²) in [5.41, 5.74) is -0.101. The predicted molar refractivity (Wildman–Crippen MR) is 69.8 cm³/mol. The summed E-state index contributed by atoms with van der Waals surface area (Å²) in [6.07, 6.45) is 3.46. The van der Waals surface area contributed by atoms with Gasteiger partial charge in [-0.15, -0.1) is 0 Å². The third-order valence-electron chi connectivity index (χ3n) is 3.70. The molecular formula is C15H20FNO. The number of rotatable bonds is 3. The molecule has 0 unspecified atom stereocenters. The van der Waals surface area contributed by atoms with E-state index in [2.05, 4.69) is 5.32 Å². The topological polar surface area (TPSA) is 29.1 Å². The summed E-state index contributed by atoms with van der Waals surface area (Å²) in [4.78, 5) is 12.5. The highest BCUT2D eigenvalue weighted by molar-refractivity contribution is 5.88. The van der Waals surface area contributed by atoms with E-state index in [1.54, 1.807) is 18.2 Å². The van der Waals surface area contributed by atoms with Crippen molar-refractivity contribution >= 4 is 5.91 Å². The number of hydrogen-bond donors (Lipinski definition) is 1. The van der Waals surface area contributed by atoms with Crippen molar-refractivity contribution in [2.45, 2.75) is 51.0 Å². The maximum absolute atomic E-state index is 14.0. The fourth-order valence-corrected chi connectivity index (χ4v) is 2.85. The van der Waals surface area contributed by atoms with Crippen LogP contribution in [0.3, 0.4) is 0 Å². The molecule has 98 valence electrons. The van der Waals surface area contributed by atoms with Crippen LogP contribution in [-0.2, 0) is 10.2 Å². The average Bonchev–Trinajstić information content (AvgIpc) is 2.79. The summed E-state index contributed by atoms with van der Waals surface area (Å²) in [7, 11) is 0. The van der Waals surface area contributed by atoms with Crippen molar-refractivity contribution in [2.75, 3.05) is 0 Å². The molecule has 1 fully saturated rings. The van der Waals surface area contributed by atoms with E-state index < -0.39 is 5.41 Å². The van der Waals surface area contributed by atoms with Gasteiger partial charge in [0.15, 0.2) is 0 Å². The van der Waals surface area contributed by atoms with Gasteiger partial charge in [-0.25, -0.2) is 4.39 Å². The molecule has 1 aliphatic carbocycles. The molecule has 2 rings (SSSR count). The van der Waals surface area contributed by atoms with E-state index in [0.29, 0.717) is 5.56 Å². The number of carbonyl (C=O) groups is 1. The van der Waals surface area contributed by atoms with Crippen LogP contribution in [0.15, 0.2) is 24.3 Å². The fraction of sp³-hybridized carbons (Fsp3) is 0.533. The molecule has 3 heteroatoms. The molecule has 0 aliphatic heterocycles. The van der Waals surface area contributed by atoms with Crippen molar-refractivity contribution in [1.82, 2.24) is 5.32 Å². The maximum Gasteiger partial charge on any atom is 0.230 e. The Morgan fingerprint density at radius 1 is 1.28 bits per heavy atom. The third kappa shape index (κ3) is 2.26. The summed E-state index contributed by atoms with van der Waals surface area (Å²) in [5, 5.41) is 2.95. The summed E-state index contributed by atoms with van der Waals surface area (Å²) >= 11 is 0. The molecule has 1 amide bonds. The average molecular weight is 249 g/mol. The lowest BCUT2D eigenvalue weighted by Crippen LogP contribution is -2.45. The number of nitrogens with one attached hydrogen (secondary N) is 1. The van der Waals surface area contributed by atoms with Crippen molar-refractivity contribution in [3.63, 3.8) is 0 Å². The normalized spacial score (nSPS) is 18.0. The van der Waals surface area contributed by atoms with Crippen molar-refractivity contribution < 1.29 is 9.18 Å². The highest BCUT2D eigenvalue weighted by Crippen LogP contribution is 2.42. The molecule has 1 N–H and O–H groups in total. The molecule has 0 atom stereocenters. The van der Waals surface area contributed by atoms with Crippen LogP contribution in [0.5, 0.6) is 0 Å². The van der Waals surface area contributed by atoms with E-state index in [1.807, 2.05) is 13.8 Å². The van der Waals surface area contributed by atoms with Crippen molar-refractivity contribution in [1.29, 1.82) is 0 Å². The Bertz CT molecular complexity index is 436. The molecule has 1 aromatic carbocycles. The van der Waals surface area contributed by atoms with E-state index in [0.717, 1.165) is 25.7 Å². The SMILES string of the molecule is CC(C)NC(=O)C1(c2ccccc2F)CCCC1. The number of benzene rings is 1. The standard InChI is InChI=1S/C15H20FNO/c1-11(2)17-14(18)15(9-5-6-10-15)12-7-3-4-8-13(12)16/h3-4,7-8,11H,5-6,9-10H2,1-2H3,(H,17,18). The molecule has 18 heavy (non-hydrogen) atoms. The van der Waals surface area contributed by atoms with E-state index in [9.17, 15) is 9.18 Å². The second-order valence-electron chi connectivity index (χ2n) is 5.40. The van der Waals surface area contributed by atoms with Gasteiger partial charge in [-0.2, -0.15) is 0 Å².